The van der Waals surface area contributed by atoms with Crippen LogP contribution in [-0.2, 0) is 11.3 Å². The second-order valence-corrected chi connectivity index (χ2v) is 7.80. The molecule has 0 N–H and O–H groups in total. The standard InChI is InChI=1S/C22H13ClFNO5S/c23-16-3-1-4-17(24)15(16)12-25-20(26)19(31-22(25)28)11-13-6-8-14(9-7-13)30-21(27)18-5-2-10-29-18/h1-11H,12H2/b19-11-. The molecule has 0 radical (unpaired) electrons. The average Bonchev–Trinajstić information content (AvgIpc) is 3.37. The predicted octanol–water partition coefficient (Wildman–Crippen LogP) is 5.53. The van der Waals surface area contributed by atoms with Crippen molar-refractivity contribution < 1.29 is 27.9 Å². The molecule has 1 aromatic heterocycles. The van der Waals surface area contributed by atoms with Crippen molar-refractivity contribution in [2.24, 2.45) is 0 Å². The highest BCUT2D eigenvalue weighted by molar-refractivity contribution is 8.18. The summed E-state index contributed by atoms with van der Waals surface area (Å²) in [6, 6.07) is 13.6. The largest absolute Gasteiger partial charge is 0.457 e. The minimum atomic E-state index is -0.634. The van der Waals surface area contributed by atoms with Crippen LogP contribution in [0.15, 0.2) is 70.2 Å². The van der Waals surface area contributed by atoms with Gasteiger partial charge >= 0.3 is 5.97 Å². The summed E-state index contributed by atoms with van der Waals surface area (Å²) in [5.74, 6) is -1.39. The third kappa shape index (κ3) is 4.55. The van der Waals surface area contributed by atoms with E-state index in [1.165, 1.54) is 36.6 Å². The summed E-state index contributed by atoms with van der Waals surface area (Å²) in [6.07, 6.45) is 2.90. The molecule has 2 aromatic carbocycles. The van der Waals surface area contributed by atoms with E-state index in [9.17, 15) is 18.8 Å². The Kier molecular flexibility index (Phi) is 5.92. The monoisotopic (exact) mass is 457 g/mol. The third-order valence-electron chi connectivity index (χ3n) is 4.36. The van der Waals surface area contributed by atoms with Crippen LogP contribution in [0.5, 0.6) is 5.75 Å². The number of carbonyl (C=O) groups is 3. The molecule has 1 aliphatic heterocycles. The van der Waals surface area contributed by atoms with Gasteiger partial charge in [0.2, 0.25) is 5.76 Å². The summed E-state index contributed by atoms with van der Waals surface area (Å²) in [6.45, 7) is -0.255. The lowest BCUT2D eigenvalue weighted by Crippen LogP contribution is -2.28. The number of esters is 1. The molecule has 0 atom stereocenters. The maximum Gasteiger partial charge on any atom is 0.379 e. The van der Waals surface area contributed by atoms with Crippen LogP contribution in [0, 0.1) is 5.82 Å². The molecule has 9 heteroatoms. The van der Waals surface area contributed by atoms with Crippen molar-refractivity contribution in [2.45, 2.75) is 6.54 Å². The first kappa shape index (κ1) is 20.9. The van der Waals surface area contributed by atoms with Gasteiger partial charge in [-0.2, -0.15) is 0 Å². The number of hydrogen-bond donors (Lipinski definition) is 0. The number of hydrogen-bond acceptors (Lipinski definition) is 6. The van der Waals surface area contributed by atoms with Crippen molar-refractivity contribution in [1.29, 1.82) is 0 Å². The van der Waals surface area contributed by atoms with E-state index in [0.29, 0.717) is 11.3 Å². The average molecular weight is 458 g/mol. The maximum absolute atomic E-state index is 14.0. The topological polar surface area (TPSA) is 76.8 Å². The third-order valence-corrected chi connectivity index (χ3v) is 5.62. The van der Waals surface area contributed by atoms with Crippen LogP contribution in [0.3, 0.4) is 0 Å². The van der Waals surface area contributed by atoms with Crippen LogP contribution in [0.25, 0.3) is 6.08 Å². The van der Waals surface area contributed by atoms with E-state index in [-0.39, 0.29) is 27.8 Å². The van der Waals surface area contributed by atoms with E-state index >= 15 is 0 Å². The number of ether oxygens (including phenoxy) is 1. The van der Waals surface area contributed by atoms with Crippen molar-refractivity contribution in [3.8, 4) is 5.75 Å². The molecular weight excluding hydrogens is 445 g/mol. The smallest absolute Gasteiger partial charge is 0.379 e. The molecule has 6 nitrogen and oxygen atoms in total. The highest BCUT2D eigenvalue weighted by Gasteiger charge is 2.35. The van der Waals surface area contributed by atoms with Crippen LogP contribution in [0.1, 0.15) is 21.7 Å². The summed E-state index contributed by atoms with van der Waals surface area (Å²) < 4.78 is 24.2. The van der Waals surface area contributed by atoms with Gasteiger partial charge in [-0.25, -0.2) is 9.18 Å². The van der Waals surface area contributed by atoms with Crippen LogP contribution in [-0.4, -0.2) is 22.0 Å². The number of benzene rings is 2. The SMILES string of the molecule is O=C(Oc1ccc(/C=C2\SC(=O)N(Cc3c(F)cccc3Cl)C2=O)cc1)c1ccco1. The lowest BCUT2D eigenvalue weighted by molar-refractivity contribution is -0.123. The molecule has 0 spiro atoms. The number of furan rings is 1. The van der Waals surface area contributed by atoms with Crippen LogP contribution in [0.4, 0.5) is 9.18 Å². The zero-order chi connectivity index (χ0) is 22.0. The van der Waals surface area contributed by atoms with Gasteiger partial charge in [0.15, 0.2) is 0 Å². The molecule has 0 saturated carbocycles. The van der Waals surface area contributed by atoms with Gasteiger partial charge in [-0.05, 0) is 59.8 Å². The molecule has 2 heterocycles. The Balaban J connectivity index is 1.47. The zero-order valence-electron chi connectivity index (χ0n) is 15.7. The van der Waals surface area contributed by atoms with Gasteiger partial charge in [0.1, 0.15) is 11.6 Å². The molecule has 0 unspecified atom stereocenters. The number of rotatable bonds is 5. The minimum absolute atomic E-state index is 0.0766. The normalized spacial score (nSPS) is 15.0. The van der Waals surface area contributed by atoms with Gasteiger partial charge in [0, 0.05) is 10.6 Å². The molecule has 0 bridgehead atoms. The molecule has 1 saturated heterocycles. The summed E-state index contributed by atoms with van der Waals surface area (Å²) in [4.78, 5) is 38.0. The van der Waals surface area contributed by atoms with Gasteiger partial charge in [-0.15, -0.1) is 0 Å². The van der Waals surface area contributed by atoms with E-state index in [1.807, 2.05) is 0 Å². The van der Waals surface area contributed by atoms with E-state index in [0.717, 1.165) is 16.7 Å². The van der Waals surface area contributed by atoms with Gasteiger partial charge in [0.05, 0.1) is 17.7 Å². The lowest BCUT2D eigenvalue weighted by atomic mass is 10.2. The Labute approximate surface area is 185 Å². The Bertz CT molecular complexity index is 1170. The first-order chi connectivity index (χ1) is 14.9. The molecule has 0 aliphatic carbocycles. The molecule has 4 rings (SSSR count). The summed E-state index contributed by atoms with van der Waals surface area (Å²) in [7, 11) is 0. The fourth-order valence-electron chi connectivity index (χ4n) is 2.81. The minimum Gasteiger partial charge on any atom is -0.457 e. The van der Waals surface area contributed by atoms with Crippen LogP contribution in [0.2, 0.25) is 5.02 Å². The van der Waals surface area contributed by atoms with Gasteiger partial charge in [-0.1, -0.05) is 29.8 Å². The number of carbonyl (C=O) groups excluding carboxylic acids is 3. The zero-order valence-corrected chi connectivity index (χ0v) is 17.3. The highest BCUT2D eigenvalue weighted by atomic mass is 35.5. The summed E-state index contributed by atoms with van der Waals surface area (Å²) >= 11 is 6.76. The Morgan fingerprint density at radius 3 is 2.58 bits per heavy atom. The van der Waals surface area contributed by atoms with Crippen molar-refractivity contribution in [2.75, 3.05) is 0 Å². The fraction of sp³-hybridized carbons (Fsp3) is 0.0455. The number of thioether (sulfide) groups is 1. The molecular formula is C22H13ClFNO5S. The molecule has 156 valence electrons. The fourth-order valence-corrected chi connectivity index (χ4v) is 3.87. The number of halogens is 2. The Morgan fingerprint density at radius 1 is 1.13 bits per heavy atom. The predicted molar refractivity (Wildman–Crippen MR) is 113 cm³/mol. The molecule has 1 aliphatic rings. The number of nitrogens with zero attached hydrogens (tertiary/aromatic N) is 1. The molecule has 1 fully saturated rings. The maximum atomic E-state index is 14.0. The van der Waals surface area contributed by atoms with Crippen LogP contribution >= 0.6 is 23.4 Å². The molecule has 2 amide bonds. The van der Waals surface area contributed by atoms with Gasteiger partial charge in [0.25, 0.3) is 11.1 Å². The van der Waals surface area contributed by atoms with E-state index in [4.69, 9.17) is 20.8 Å². The van der Waals surface area contributed by atoms with Gasteiger partial charge < -0.3 is 9.15 Å². The Hall–Kier alpha value is -3.36. The highest BCUT2D eigenvalue weighted by Crippen LogP contribution is 2.34. The first-order valence-corrected chi connectivity index (χ1v) is 10.2. The van der Waals surface area contributed by atoms with Crippen molar-refractivity contribution in [3.05, 3.63) is 93.5 Å². The molecule has 3 aromatic rings. The van der Waals surface area contributed by atoms with Crippen molar-refractivity contribution >= 4 is 46.6 Å². The second kappa shape index (κ2) is 8.79. The number of imide groups is 1. The quantitative estimate of drug-likeness (QED) is 0.285. The van der Waals surface area contributed by atoms with Gasteiger partial charge in [-0.3, -0.25) is 14.5 Å². The number of amides is 2. The van der Waals surface area contributed by atoms with Crippen molar-refractivity contribution in [3.63, 3.8) is 0 Å². The lowest BCUT2D eigenvalue weighted by Gasteiger charge is -2.14. The van der Waals surface area contributed by atoms with E-state index in [1.54, 1.807) is 30.3 Å². The van der Waals surface area contributed by atoms with E-state index in [2.05, 4.69) is 0 Å². The van der Waals surface area contributed by atoms with Crippen LogP contribution < -0.4 is 4.74 Å². The Morgan fingerprint density at radius 2 is 1.90 bits per heavy atom. The summed E-state index contributed by atoms with van der Waals surface area (Å²) in [5.41, 5.74) is 0.697. The van der Waals surface area contributed by atoms with Crippen molar-refractivity contribution in [1.82, 2.24) is 4.90 Å². The van der Waals surface area contributed by atoms with E-state index < -0.39 is 22.9 Å². The molecule has 31 heavy (non-hydrogen) atoms. The second-order valence-electron chi connectivity index (χ2n) is 6.40. The first-order valence-electron chi connectivity index (χ1n) is 8.96. The summed E-state index contributed by atoms with van der Waals surface area (Å²) in [5, 5.41) is -0.373.